The largest absolute Gasteiger partial charge is 0.393 e. The van der Waals surface area contributed by atoms with Gasteiger partial charge in [-0.2, -0.15) is 0 Å². The standard InChI is InChI=1S/C21H20N6/c1-13-8-9-16(11-14(13)2)26-20-18(22)21(25-12-24-20)27-17-7-3-5-15-6-4-10-23-19(15)17/h3-12H,22H2,1-2H3,(H2,24,25,26,27). The Morgan fingerprint density at radius 2 is 1.59 bits per heavy atom. The minimum absolute atomic E-state index is 0.448. The second-order valence-electron chi connectivity index (χ2n) is 6.41. The number of fused-ring (bicyclic) bond motifs is 1. The van der Waals surface area contributed by atoms with Crippen molar-refractivity contribution in [2.75, 3.05) is 16.4 Å². The van der Waals surface area contributed by atoms with Crippen LogP contribution in [0, 0.1) is 13.8 Å². The van der Waals surface area contributed by atoms with E-state index in [1.807, 2.05) is 36.4 Å². The van der Waals surface area contributed by atoms with Gasteiger partial charge in [-0.15, -0.1) is 0 Å². The predicted molar refractivity (Wildman–Crippen MR) is 111 cm³/mol. The molecule has 0 saturated heterocycles. The van der Waals surface area contributed by atoms with Crippen LogP contribution in [0.1, 0.15) is 11.1 Å². The van der Waals surface area contributed by atoms with E-state index in [1.165, 1.54) is 17.5 Å². The summed E-state index contributed by atoms with van der Waals surface area (Å²) in [5.41, 5.74) is 11.8. The van der Waals surface area contributed by atoms with Crippen molar-refractivity contribution >= 4 is 39.6 Å². The van der Waals surface area contributed by atoms with Crippen molar-refractivity contribution in [2.24, 2.45) is 0 Å². The number of nitrogens with one attached hydrogen (secondary N) is 2. The Morgan fingerprint density at radius 3 is 2.41 bits per heavy atom. The average molecular weight is 356 g/mol. The molecule has 6 heteroatoms. The van der Waals surface area contributed by atoms with Crippen molar-refractivity contribution in [1.82, 2.24) is 15.0 Å². The summed E-state index contributed by atoms with van der Waals surface area (Å²) >= 11 is 0. The number of aromatic nitrogens is 3. The molecule has 4 aromatic rings. The molecule has 4 rings (SSSR count). The summed E-state index contributed by atoms with van der Waals surface area (Å²) in [7, 11) is 0. The van der Waals surface area contributed by atoms with Gasteiger partial charge < -0.3 is 16.4 Å². The number of hydrogen-bond acceptors (Lipinski definition) is 6. The number of hydrogen-bond donors (Lipinski definition) is 3. The van der Waals surface area contributed by atoms with Crippen LogP contribution in [0.3, 0.4) is 0 Å². The fourth-order valence-corrected chi connectivity index (χ4v) is 2.88. The van der Waals surface area contributed by atoms with Crippen LogP contribution in [0.25, 0.3) is 10.9 Å². The summed E-state index contributed by atoms with van der Waals surface area (Å²) in [5, 5.41) is 7.60. The van der Waals surface area contributed by atoms with Crippen LogP contribution >= 0.6 is 0 Å². The van der Waals surface area contributed by atoms with E-state index in [2.05, 4.69) is 51.6 Å². The number of nitrogens with two attached hydrogens (primary N) is 1. The summed E-state index contributed by atoms with van der Waals surface area (Å²) in [6.07, 6.45) is 3.25. The van der Waals surface area contributed by atoms with E-state index < -0.39 is 0 Å². The zero-order valence-electron chi connectivity index (χ0n) is 15.2. The van der Waals surface area contributed by atoms with Crippen LogP contribution in [-0.4, -0.2) is 15.0 Å². The van der Waals surface area contributed by atoms with Crippen molar-refractivity contribution in [2.45, 2.75) is 13.8 Å². The second-order valence-corrected chi connectivity index (χ2v) is 6.41. The Morgan fingerprint density at radius 1 is 0.815 bits per heavy atom. The van der Waals surface area contributed by atoms with E-state index in [-0.39, 0.29) is 0 Å². The van der Waals surface area contributed by atoms with E-state index in [9.17, 15) is 0 Å². The Bertz CT molecular complexity index is 1120. The molecule has 0 saturated carbocycles. The van der Waals surface area contributed by atoms with Crippen molar-refractivity contribution < 1.29 is 0 Å². The van der Waals surface area contributed by atoms with Gasteiger partial charge in [0.1, 0.15) is 12.0 Å². The lowest BCUT2D eigenvalue weighted by atomic mass is 10.1. The molecular formula is C21H20N6. The first kappa shape index (κ1) is 16.8. The highest BCUT2D eigenvalue weighted by Gasteiger charge is 2.11. The third-order valence-electron chi connectivity index (χ3n) is 4.54. The summed E-state index contributed by atoms with van der Waals surface area (Å²) in [6.45, 7) is 4.16. The Kier molecular flexibility index (Phi) is 4.30. The van der Waals surface area contributed by atoms with E-state index in [4.69, 9.17) is 5.73 Å². The molecule has 134 valence electrons. The third-order valence-corrected chi connectivity index (χ3v) is 4.54. The summed E-state index contributed by atoms with van der Waals surface area (Å²) in [5.74, 6) is 1.10. The van der Waals surface area contributed by atoms with Gasteiger partial charge in [0.25, 0.3) is 0 Å². The van der Waals surface area contributed by atoms with Crippen LogP contribution in [0.2, 0.25) is 0 Å². The Hall–Kier alpha value is -3.67. The maximum atomic E-state index is 6.32. The first-order chi connectivity index (χ1) is 13.1. The predicted octanol–water partition coefficient (Wildman–Crippen LogP) is 4.71. The van der Waals surface area contributed by atoms with Gasteiger partial charge in [-0.25, -0.2) is 9.97 Å². The van der Waals surface area contributed by atoms with Gasteiger partial charge in [0.05, 0.1) is 11.2 Å². The highest BCUT2D eigenvalue weighted by Crippen LogP contribution is 2.30. The molecule has 0 bridgehead atoms. The molecule has 0 atom stereocenters. The number of aryl methyl sites for hydroxylation is 2. The minimum Gasteiger partial charge on any atom is -0.393 e. The van der Waals surface area contributed by atoms with Gasteiger partial charge in [-0.3, -0.25) is 4.98 Å². The number of benzene rings is 2. The van der Waals surface area contributed by atoms with Crippen molar-refractivity contribution in [3.05, 3.63) is 72.2 Å². The molecule has 4 N–H and O–H groups in total. The van der Waals surface area contributed by atoms with Crippen molar-refractivity contribution in [3.63, 3.8) is 0 Å². The topological polar surface area (TPSA) is 88.8 Å². The number of nitrogens with zero attached hydrogens (tertiary/aromatic N) is 3. The fourth-order valence-electron chi connectivity index (χ4n) is 2.88. The van der Waals surface area contributed by atoms with Gasteiger partial charge in [-0.1, -0.05) is 24.3 Å². The van der Waals surface area contributed by atoms with Gasteiger partial charge in [0, 0.05) is 17.3 Å². The number of pyridine rings is 1. The summed E-state index contributed by atoms with van der Waals surface area (Å²) in [6, 6.07) is 16.0. The monoisotopic (exact) mass is 356 g/mol. The molecule has 0 aliphatic heterocycles. The second kappa shape index (κ2) is 6.92. The maximum absolute atomic E-state index is 6.32. The quantitative estimate of drug-likeness (QED) is 0.491. The molecule has 0 aliphatic carbocycles. The highest BCUT2D eigenvalue weighted by molar-refractivity contribution is 5.93. The molecule has 27 heavy (non-hydrogen) atoms. The first-order valence-corrected chi connectivity index (χ1v) is 8.67. The van der Waals surface area contributed by atoms with Gasteiger partial charge in [0.15, 0.2) is 11.6 Å². The zero-order valence-corrected chi connectivity index (χ0v) is 15.2. The molecule has 6 nitrogen and oxygen atoms in total. The molecule has 2 aromatic heterocycles. The molecule has 0 radical (unpaired) electrons. The van der Waals surface area contributed by atoms with E-state index in [0.29, 0.717) is 17.3 Å². The van der Waals surface area contributed by atoms with Gasteiger partial charge in [-0.05, 0) is 49.2 Å². The van der Waals surface area contributed by atoms with E-state index >= 15 is 0 Å². The van der Waals surface area contributed by atoms with Crippen molar-refractivity contribution in [1.29, 1.82) is 0 Å². The van der Waals surface area contributed by atoms with E-state index in [1.54, 1.807) is 6.20 Å². The van der Waals surface area contributed by atoms with Crippen LogP contribution < -0.4 is 16.4 Å². The van der Waals surface area contributed by atoms with Gasteiger partial charge >= 0.3 is 0 Å². The Labute approximate surface area is 157 Å². The maximum Gasteiger partial charge on any atom is 0.159 e. The average Bonchev–Trinajstić information content (AvgIpc) is 2.68. The molecule has 0 unspecified atom stereocenters. The first-order valence-electron chi connectivity index (χ1n) is 8.67. The Balaban J connectivity index is 1.66. The van der Waals surface area contributed by atoms with Crippen molar-refractivity contribution in [3.8, 4) is 0 Å². The molecule has 0 amide bonds. The van der Waals surface area contributed by atoms with Crippen LogP contribution in [-0.2, 0) is 0 Å². The molecule has 0 spiro atoms. The SMILES string of the molecule is Cc1ccc(Nc2ncnc(Nc3cccc4cccnc34)c2N)cc1C. The lowest BCUT2D eigenvalue weighted by molar-refractivity contribution is 1.17. The van der Waals surface area contributed by atoms with E-state index in [0.717, 1.165) is 22.3 Å². The molecular weight excluding hydrogens is 336 g/mol. The fraction of sp³-hybridized carbons (Fsp3) is 0.0952. The summed E-state index contributed by atoms with van der Waals surface area (Å²) < 4.78 is 0. The highest BCUT2D eigenvalue weighted by atomic mass is 15.1. The smallest absolute Gasteiger partial charge is 0.159 e. The molecule has 2 aromatic carbocycles. The number of nitrogen functional groups attached to an aromatic ring is 1. The lowest BCUT2D eigenvalue weighted by Crippen LogP contribution is -2.05. The molecule has 0 fully saturated rings. The van der Waals surface area contributed by atoms with Crippen LogP contribution in [0.4, 0.5) is 28.7 Å². The van der Waals surface area contributed by atoms with Crippen LogP contribution in [0.15, 0.2) is 61.1 Å². The molecule has 0 aliphatic rings. The summed E-state index contributed by atoms with van der Waals surface area (Å²) in [4.78, 5) is 13.0. The van der Waals surface area contributed by atoms with Gasteiger partial charge in [0.2, 0.25) is 0 Å². The zero-order chi connectivity index (χ0) is 18.8. The number of rotatable bonds is 4. The lowest BCUT2D eigenvalue weighted by Gasteiger charge is -2.14. The minimum atomic E-state index is 0.448. The number of para-hydroxylation sites is 1. The normalized spacial score (nSPS) is 10.7. The molecule has 2 heterocycles. The van der Waals surface area contributed by atoms with Crippen LogP contribution in [0.5, 0.6) is 0 Å². The third kappa shape index (κ3) is 3.37. The number of anilines is 5.